The average molecular weight is 206 g/mol. The Morgan fingerprint density at radius 2 is 2.13 bits per heavy atom. The standard InChI is InChI=1S/C11H14N2O2/c12-4-3-11(15)10-5-7-1-2-8(14)6-9(7)13-10/h1-2,5-6,11,13-15H,3-4,12H2. The Morgan fingerprint density at radius 3 is 2.87 bits per heavy atom. The molecule has 0 fully saturated rings. The molecule has 0 aliphatic heterocycles. The number of benzene rings is 1. The third kappa shape index (κ3) is 1.95. The van der Waals surface area contributed by atoms with Gasteiger partial charge in [-0.1, -0.05) is 0 Å². The van der Waals surface area contributed by atoms with Crippen molar-refractivity contribution in [3.05, 3.63) is 30.0 Å². The Labute approximate surface area is 87.3 Å². The van der Waals surface area contributed by atoms with E-state index in [1.807, 2.05) is 6.07 Å². The Kier molecular flexibility index (Phi) is 2.62. The lowest BCUT2D eigenvalue weighted by Gasteiger charge is -2.05. The number of phenols is 1. The van der Waals surface area contributed by atoms with Crippen molar-refractivity contribution < 1.29 is 10.2 Å². The zero-order valence-corrected chi connectivity index (χ0v) is 8.27. The molecule has 80 valence electrons. The maximum atomic E-state index is 9.72. The summed E-state index contributed by atoms with van der Waals surface area (Å²) in [6.45, 7) is 0.446. The van der Waals surface area contributed by atoms with Gasteiger partial charge in [-0.3, -0.25) is 0 Å². The van der Waals surface area contributed by atoms with E-state index in [9.17, 15) is 10.2 Å². The lowest BCUT2D eigenvalue weighted by Crippen LogP contribution is -2.06. The molecule has 2 aromatic rings. The number of fused-ring (bicyclic) bond motifs is 1. The normalized spacial score (nSPS) is 13.2. The molecule has 1 atom stereocenters. The smallest absolute Gasteiger partial charge is 0.117 e. The van der Waals surface area contributed by atoms with Crippen molar-refractivity contribution in [2.45, 2.75) is 12.5 Å². The van der Waals surface area contributed by atoms with Gasteiger partial charge in [0.2, 0.25) is 0 Å². The summed E-state index contributed by atoms with van der Waals surface area (Å²) in [7, 11) is 0. The van der Waals surface area contributed by atoms with Crippen LogP contribution in [0.3, 0.4) is 0 Å². The Bertz CT molecular complexity index is 465. The Balaban J connectivity index is 2.38. The molecule has 0 aliphatic carbocycles. The minimum absolute atomic E-state index is 0.212. The second-order valence-electron chi connectivity index (χ2n) is 3.59. The number of phenolic OH excluding ortho intramolecular Hbond substituents is 1. The highest BCUT2D eigenvalue weighted by Crippen LogP contribution is 2.24. The highest BCUT2D eigenvalue weighted by atomic mass is 16.3. The second kappa shape index (κ2) is 3.92. The number of rotatable bonds is 3. The highest BCUT2D eigenvalue weighted by molar-refractivity contribution is 5.81. The number of aromatic hydroxyl groups is 1. The van der Waals surface area contributed by atoms with Crippen molar-refractivity contribution in [1.29, 1.82) is 0 Å². The van der Waals surface area contributed by atoms with Crippen LogP contribution in [-0.4, -0.2) is 21.7 Å². The molecular formula is C11H14N2O2. The number of nitrogens with one attached hydrogen (secondary N) is 1. The first kappa shape index (κ1) is 10.0. The van der Waals surface area contributed by atoms with Crippen LogP contribution in [0.25, 0.3) is 10.9 Å². The van der Waals surface area contributed by atoms with E-state index in [1.165, 1.54) is 0 Å². The van der Waals surface area contributed by atoms with Gasteiger partial charge in [0.05, 0.1) is 6.10 Å². The van der Waals surface area contributed by atoms with Gasteiger partial charge in [-0.05, 0) is 31.2 Å². The average Bonchev–Trinajstić information content (AvgIpc) is 2.60. The fourth-order valence-corrected chi connectivity index (χ4v) is 1.63. The Morgan fingerprint density at radius 1 is 1.33 bits per heavy atom. The molecule has 5 N–H and O–H groups in total. The van der Waals surface area contributed by atoms with Crippen molar-refractivity contribution in [2.24, 2.45) is 5.73 Å². The number of aliphatic hydroxyl groups is 1. The summed E-state index contributed by atoms with van der Waals surface area (Å²) in [6.07, 6.45) is -0.0386. The van der Waals surface area contributed by atoms with Crippen LogP contribution in [0.5, 0.6) is 5.75 Å². The molecular weight excluding hydrogens is 192 g/mol. The summed E-state index contributed by atoms with van der Waals surface area (Å²) in [5.41, 5.74) is 6.93. The first-order valence-electron chi connectivity index (χ1n) is 4.90. The fraction of sp³-hybridized carbons (Fsp3) is 0.273. The summed E-state index contributed by atoms with van der Waals surface area (Å²) >= 11 is 0. The number of aromatic amines is 1. The molecule has 1 unspecified atom stereocenters. The van der Waals surface area contributed by atoms with Crippen molar-refractivity contribution in [2.75, 3.05) is 6.54 Å². The molecule has 1 aromatic heterocycles. The molecule has 4 heteroatoms. The summed E-state index contributed by atoms with van der Waals surface area (Å²) in [6, 6.07) is 6.93. The fourth-order valence-electron chi connectivity index (χ4n) is 1.63. The number of aromatic nitrogens is 1. The third-order valence-electron chi connectivity index (χ3n) is 2.43. The van der Waals surface area contributed by atoms with Gasteiger partial charge in [0.1, 0.15) is 5.75 Å². The van der Waals surface area contributed by atoms with Crippen LogP contribution in [0, 0.1) is 0 Å². The van der Waals surface area contributed by atoms with Crippen molar-refractivity contribution >= 4 is 10.9 Å². The van der Waals surface area contributed by atoms with Gasteiger partial charge in [-0.25, -0.2) is 0 Å². The van der Waals surface area contributed by atoms with E-state index in [0.717, 1.165) is 16.6 Å². The van der Waals surface area contributed by atoms with Gasteiger partial charge >= 0.3 is 0 Å². The van der Waals surface area contributed by atoms with Gasteiger partial charge in [-0.2, -0.15) is 0 Å². The molecule has 0 radical (unpaired) electrons. The SMILES string of the molecule is NCCC(O)c1cc2ccc(O)cc2[nH]1. The van der Waals surface area contributed by atoms with Crippen molar-refractivity contribution in [3.8, 4) is 5.75 Å². The zero-order chi connectivity index (χ0) is 10.8. The predicted octanol–water partition coefficient (Wildman–Crippen LogP) is 1.26. The summed E-state index contributed by atoms with van der Waals surface area (Å²) in [4.78, 5) is 3.06. The zero-order valence-electron chi connectivity index (χ0n) is 8.27. The topological polar surface area (TPSA) is 82.3 Å². The number of hydrogen-bond acceptors (Lipinski definition) is 3. The van der Waals surface area contributed by atoms with Gasteiger partial charge in [-0.15, -0.1) is 0 Å². The van der Waals surface area contributed by atoms with E-state index >= 15 is 0 Å². The van der Waals surface area contributed by atoms with Crippen LogP contribution in [0.15, 0.2) is 24.3 Å². The van der Waals surface area contributed by atoms with Crippen LogP contribution >= 0.6 is 0 Å². The van der Waals surface area contributed by atoms with Crippen LogP contribution in [0.2, 0.25) is 0 Å². The van der Waals surface area contributed by atoms with Crippen LogP contribution in [0.1, 0.15) is 18.2 Å². The molecule has 0 saturated heterocycles. The maximum Gasteiger partial charge on any atom is 0.117 e. The molecule has 1 aromatic carbocycles. The highest BCUT2D eigenvalue weighted by Gasteiger charge is 2.09. The second-order valence-corrected chi connectivity index (χ2v) is 3.59. The van der Waals surface area contributed by atoms with Crippen molar-refractivity contribution in [3.63, 3.8) is 0 Å². The van der Waals surface area contributed by atoms with Crippen LogP contribution in [0.4, 0.5) is 0 Å². The minimum atomic E-state index is -0.565. The van der Waals surface area contributed by atoms with E-state index in [4.69, 9.17) is 5.73 Å². The molecule has 15 heavy (non-hydrogen) atoms. The van der Waals surface area contributed by atoms with Crippen LogP contribution < -0.4 is 5.73 Å². The van der Waals surface area contributed by atoms with E-state index in [-0.39, 0.29) is 5.75 Å². The third-order valence-corrected chi connectivity index (χ3v) is 2.43. The quantitative estimate of drug-likeness (QED) is 0.610. The van der Waals surface area contributed by atoms with Gasteiger partial charge < -0.3 is 20.9 Å². The van der Waals surface area contributed by atoms with Gasteiger partial charge in [0.25, 0.3) is 0 Å². The lowest BCUT2D eigenvalue weighted by atomic mass is 10.2. The number of aliphatic hydroxyl groups excluding tert-OH is 1. The summed E-state index contributed by atoms with van der Waals surface area (Å²) in [5.74, 6) is 0.212. The first-order valence-corrected chi connectivity index (χ1v) is 4.90. The van der Waals surface area contributed by atoms with E-state index < -0.39 is 6.10 Å². The molecule has 1 heterocycles. The predicted molar refractivity (Wildman–Crippen MR) is 58.6 cm³/mol. The molecule has 0 aliphatic rings. The monoisotopic (exact) mass is 206 g/mol. The summed E-state index contributed by atoms with van der Waals surface area (Å²) in [5, 5.41) is 20.0. The number of H-pyrrole nitrogens is 1. The minimum Gasteiger partial charge on any atom is -0.508 e. The molecule has 0 bridgehead atoms. The Hall–Kier alpha value is -1.52. The number of hydrogen-bond donors (Lipinski definition) is 4. The van der Waals surface area contributed by atoms with Crippen molar-refractivity contribution in [1.82, 2.24) is 4.98 Å². The molecule has 0 saturated carbocycles. The van der Waals surface area contributed by atoms with E-state index in [2.05, 4.69) is 4.98 Å². The van der Waals surface area contributed by atoms with E-state index in [0.29, 0.717) is 13.0 Å². The van der Waals surface area contributed by atoms with Gasteiger partial charge in [0, 0.05) is 22.7 Å². The van der Waals surface area contributed by atoms with Crippen LogP contribution in [-0.2, 0) is 0 Å². The molecule has 0 amide bonds. The van der Waals surface area contributed by atoms with Gasteiger partial charge in [0.15, 0.2) is 0 Å². The maximum absolute atomic E-state index is 9.72. The lowest BCUT2D eigenvalue weighted by molar-refractivity contribution is 0.166. The largest absolute Gasteiger partial charge is 0.508 e. The molecule has 0 spiro atoms. The number of nitrogens with two attached hydrogens (primary N) is 1. The first-order chi connectivity index (χ1) is 7.20. The molecule has 4 nitrogen and oxygen atoms in total. The summed E-state index contributed by atoms with van der Waals surface area (Å²) < 4.78 is 0. The van der Waals surface area contributed by atoms with E-state index in [1.54, 1.807) is 18.2 Å². The molecule has 2 rings (SSSR count).